The lowest BCUT2D eigenvalue weighted by Gasteiger charge is -2.15. The zero-order valence-corrected chi connectivity index (χ0v) is 13.1. The minimum absolute atomic E-state index is 0.132. The fraction of sp³-hybridized carbons (Fsp3) is 0.500. The number of carbonyl (C=O) groups excluding carboxylic acids is 2. The fourth-order valence-corrected chi connectivity index (χ4v) is 2.09. The molecule has 2 amide bonds. The molecule has 0 aliphatic rings. The van der Waals surface area contributed by atoms with Crippen LogP contribution < -0.4 is 5.32 Å². The Morgan fingerprint density at radius 2 is 1.86 bits per heavy atom. The lowest BCUT2D eigenvalue weighted by atomic mass is 10.0. The molecule has 0 aromatic heterocycles. The molecule has 0 heterocycles. The molecule has 2 unspecified atom stereocenters. The Balaban J connectivity index is 2.66. The number of aliphatic hydroxyl groups is 1. The van der Waals surface area contributed by atoms with Gasteiger partial charge in [-0.05, 0) is 37.5 Å². The van der Waals surface area contributed by atoms with Crippen molar-refractivity contribution in [1.82, 2.24) is 10.2 Å². The van der Waals surface area contributed by atoms with Gasteiger partial charge >= 0.3 is 0 Å². The normalized spacial score (nSPS) is 13.4. The van der Waals surface area contributed by atoms with E-state index in [1.807, 2.05) is 6.92 Å². The van der Waals surface area contributed by atoms with E-state index in [-0.39, 0.29) is 23.8 Å². The van der Waals surface area contributed by atoms with Crippen molar-refractivity contribution in [3.63, 3.8) is 0 Å². The van der Waals surface area contributed by atoms with Gasteiger partial charge in [0.2, 0.25) is 0 Å². The van der Waals surface area contributed by atoms with Gasteiger partial charge in [0.15, 0.2) is 0 Å². The summed E-state index contributed by atoms with van der Waals surface area (Å²) in [6, 6.07) is 6.66. The highest BCUT2D eigenvalue weighted by atomic mass is 16.3. The number of nitrogens with zero attached hydrogens (tertiary/aromatic N) is 1. The molecule has 0 bridgehead atoms. The zero-order valence-electron chi connectivity index (χ0n) is 13.1. The van der Waals surface area contributed by atoms with Crippen molar-refractivity contribution in [2.45, 2.75) is 26.4 Å². The van der Waals surface area contributed by atoms with Crippen LogP contribution in [0.4, 0.5) is 0 Å². The molecule has 0 spiro atoms. The summed E-state index contributed by atoms with van der Waals surface area (Å²) in [5.41, 5.74) is 0.955. The van der Waals surface area contributed by atoms with E-state index in [4.69, 9.17) is 0 Å². The monoisotopic (exact) mass is 292 g/mol. The van der Waals surface area contributed by atoms with Crippen LogP contribution in [-0.2, 0) is 0 Å². The van der Waals surface area contributed by atoms with Gasteiger partial charge in [-0.25, -0.2) is 0 Å². The van der Waals surface area contributed by atoms with E-state index < -0.39 is 0 Å². The molecular weight excluding hydrogens is 268 g/mol. The van der Waals surface area contributed by atoms with E-state index in [9.17, 15) is 14.7 Å². The maximum absolute atomic E-state index is 12.1. The van der Waals surface area contributed by atoms with Crippen molar-refractivity contribution in [3.8, 4) is 0 Å². The highest BCUT2D eigenvalue weighted by Gasteiger charge is 2.13. The molecule has 0 fully saturated rings. The molecule has 0 saturated heterocycles. The smallest absolute Gasteiger partial charge is 0.253 e. The number of rotatable bonds is 6. The van der Waals surface area contributed by atoms with Gasteiger partial charge in [-0.3, -0.25) is 9.59 Å². The van der Waals surface area contributed by atoms with Crippen molar-refractivity contribution in [1.29, 1.82) is 0 Å². The molecule has 21 heavy (non-hydrogen) atoms. The molecule has 0 saturated carbocycles. The Labute approximate surface area is 126 Å². The summed E-state index contributed by atoms with van der Waals surface area (Å²) in [6.07, 6.45) is 0.261. The molecule has 5 nitrogen and oxygen atoms in total. The van der Waals surface area contributed by atoms with Gasteiger partial charge < -0.3 is 15.3 Å². The SMILES string of the molecule is CC(O)CC(C)CNC(=O)c1cccc(C(=O)N(C)C)c1. The van der Waals surface area contributed by atoms with Gasteiger partial charge in [0.05, 0.1) is 6.10 Å². The Hall–Kier alpha value is -1.88. The third-order valence-electron chi connectivity index (χ3n) is 3.13. The van der Waals surface area contributed by atoms with Gasteiger partial charge in [0.25, 0.3) is 11.8 Å². The Morgan fingerprint density at radius 3 is 2.43 bits per heavy atom. The predicted octanol–water partition coefficient (Wildman–Crippen LogP) is 1.53. The standard InChI is InChI=1S/C16H24N2O3/c1-11(8-12(2)19)10-17-15(20)13-6-5-7-14(9-13)16(21)18(3)4/h5-7,9,11-12,19H,8,10H2,1-4H3,(H,17,20). The van der Waals surface area contributed by atoms with Gasteiger partial charge in [-0.2, -0.15) is 0 Å². The van der Waals surface area contributed by atoms with E-state index in [1.54, 1.807) is 45.3 Å². The summed E-state index contributed by atoms with van der Waals surface area (Å²) < 4.78 is 0. The third-order valence-corrected chi connectivity index (χ3v) is 3.13. The fourth-order valence-electron chi connectivity index (χ4n) is 2.09. The number of aliphatic hydroxyl groups excluding tert-OH is 1. The number of amides is 2. The van der Waals surface area contributed by atoms with E-state index in [1.165, 1.54) is 4.90 Å². The van der Waals surface area contributed by atoms with E-state index in [0.717, 1.165) is 0 Å². The summed E-state index contributed by atoms with van der Waals surface area (Å²) in [4.78, 5) is 25.4. The van der Waals surface area contributed by atoms with Gasteiger partial charge in [-0.1, -0.05) is 13.0 Å². The second-order valence-electron chi connectivity index (χ2n) is 5.68. The molecule has 0 aliphatic heterocycles. The molecule has 0 radical (unpaired) electrons. The lowest BCUT2D eigenvalue weighted by Crippen LogP contribution is -2.30. The molecule has 1 rings (SSSR count). The average molecular weight is 292 g/mol. The van der Waals surface area contributed by atoms with Crippen LogP contribution in [0.2, 0.25) is 0 Å². The number of nitrogens with one attached hydrogen (secondary N) is 1. The van der Waals surface area contributed by atoms with Crippen LogP contribution in [0.25, 0.3) is 0 Å². The topological polar surface area (TPSA) is 69.6 Å². The number of hydrogen-bond donors (Lipinski definition) is 2. The Morgan fingerprint density at radius 1 is 1.24 bits per heavy atom. The van der Waals surface area contributed by atoms with Crippen LogP contribution in [0.5, 0.6) is 0 Å². The number of benzene rings is 1. The highest BCUT2D eigenvalue weighted by molar-refractivity contribution is 5.99. The van der Waals surface area contributed by atoms with Gasteiger partial charge in [-0.15, -0.1) is 0 Å². The summed E-state index contributed by atoms with van der Waals surface area (Å²) in [7, 11) is 3.35. The summed E-state index contributed by atoms with van der Waals surface area (Å²) in [5.74, 6) is -0.145. The van der Waals surface area contributed by atoms with E-state index in [0.29, 0.717) is 24.1 Å². The minimum atomic E-state index is -0.377. The predicted molar refractivity (Wildman–Crippen MR) is 82.3 cm³/mol. The Kier molecular flexibility index (Phi) is 6.37. The van der Waals surface area contributed by atoms with Crippen molar-refractivity contribution < 1.29 is 14.7 Å². The van der Waals surface area contributed by atoms with Crippen LogP contribution in [0.15, 0.2) is 24.3 Å². The van der Waals surface area contributed by atoms with Crippen molar-refractivity contribution in [2.75, 3.05) is 20.6 Å². The van der Waals surface area contributed by atoms with Crippen molar-refractivity contribution >= 4 is 11.8 Å². The first kappa shape index (κ1) is 17.2. The molecule has 5 heteroatoms. The molecule has 2 N–H and O–H groups in total. The summed E-state index contributed by atoms with van der Waals surface area (Å²) >= 11 is 0. The molecule has 1 aromatic rings. The summed E-state index contributed by atoms with van der Waals surface area (Å²) in [5, 5.41) is 12.1. The first-order valence-electron chi connectivity index (χ1n) is 7.09. The first-order chi connectivity index (χ1) is 9.81. The zero-order chi connectivity index (χ0) is 16.0. The van der Waals surface area contributed by atoms with Gasteiger partial charge in [0, 0.05) is 31.8 Å². The maximum Gasteiger partial charge on any atom is 0.253 e. The molecule has 0 aliphatic carbocycles. The minimum Gasteiger partial charge on any atom is -0.393 e. The van der Waals surface area contributed by atoms with Crippen LogP contribution in [0, 0.1) is 5.92 Å². The molecular formula is C16H24N2O3. The van der Waals surface area contributed by atoms with Crippen molar-refractivity contribution in [3.05, 3.63) is 35.4 Å². The molecule has 116 valence electrons. The maximum atomic E-state index is 12.1. The largest absolute Gasteiger partial charge is 0.393 e. The highest BCUT2D eigenvalue weighted by Crippen LogP contribution is 2.08. The Bertz CT molecular complexity index is 498. The van der Waals surface area contributed by atoms with E-state index in [2.05, 4.69) is 5.32 Å². The number of carbonyl (C=O) groups is 2. The van der Waals surface area contributed by atoms with E-state index >= 15 is 0 Å². The summed E-state index contributed by atoms with van der Waals surface area (Å²) in [6.45, 7) is 4.20. The van der Waals surface area contributed by atoms with Crippen LogP contribution >= 0.6 is 0 Å². The quantitative estimate of drug-likeness (QED) is 0.835. The third kappa shape index (κ3) is 5.55. The van der Waals surface area contributed by atoms with Crippen molar-refractivity contribution in [2.24, 2.45) is 5.92 Å². The second kappa shape index (κ2) is 7.78. The van der Waals surface area contributed by atoms with Crippen LogP contribution in [0.1, 0.15) is 41.0 Å². The lowest BCUT2D eigenvalue weighted by molar-refractivity contribution is 0.0827. The van der Waals surface area contributed by atoms with Crippen LogP contribution in [0.3, 0.4) is 0 Å². The first-order valence-corrected chi connectivity index (χ1v) is 7.09. The number of hydrogen-bond acceptors (Lipinski definition) is 3. The van der Waals surface area contributed by atoms with Gasteiger partial charge in [0.1, 0.15) is 0 Å². The second-order valence-corrected chi connectivity index (χ2v) is 5.68. The molecule has 2 atom stereocenters. The van der Waals surface area contributed by atoms with Crippen LogP contribution in [-0.4, -0.2) is 48.6 Å². The molecule has 1 aromatic carbocycles. The average Bonchev–Trinajstić information content (AvgIpc) is 2.43.